The summed E-state index contributed by atoms with van der Waals surface area (Å²) < 4.78 is 2.98. The molecule has 4 aromatic rings. The van der Waals surface area contributed by atoms with Gasteiger partial charge in [-0.1, -0.05) is 60.1 Å². The number of fused-ring (bicyclic) bond motifs is 1. The van der Waals surface area contributed by atoms with Crippen LogP contribution in [0.3, 0.4) is 0 Å². The number of halogens is 2. The summed E-state index contributed by atoms with van der Waals surface area (Å²) in [6.07, 6.45) is 0. The lowest BCUT2D eigenvalue weighted by Gasteiger charge is -2.12. The fourth-order valence-corrected chi connectivity index (χ4v) is 3.28. The van der Waals surface area contributed by atoms with Gasteiger partial charge in [-0.05, 0) is 40.2 Å². The average Bonchev–Trinajstić information content (AvgIpc) is 2.97. The molecule has 1 heterocycles. The van der Waals surface area contributed by atoms with Crippen LogP contribution in [0.5, 0.6) is 0 Å². The molecule has 112 valence electrons. The first kappa shape index (κ1) is 14.5. The summed E-state index contributed by atoms with van der Waals surface area (Å²) in [6, 6.07) is 24.2. The molecule has 0 amide bonds. The minimum Gasteiger partial charge on any atom is -0.291 e. The van der Waals surface area contributed by atoms with Crippen molar-refractivity contribution in [2.24, 2.45) is 0 Å². The fraction of sp³-hybridized carbons (Fsp3) is 0. The Hall–Kier alpha value is -2.10. The first-order chi connectivity index (χ1) is 11.3. The van der Waals surface area contributed by atoms with E-state index >= 15 is 0 Å². The van der Waals surface area contributed by atoms with E-state index in [1.165, 1.54) is 0 Å². The maximum atomic E-state index is 6.55. The summed E-state index contributed by atoms with van der Waals surface area (Å²) >= 11 is 10.1. The highest BCUT2D eigenvalue weighted by atomic mass is 79.9. The minimum atomic E-state index is 0.674. The van der Waals surface area contributed by atoms with Gasteiger partial charge in [-0.2, -0.15) is 0 Å². The Balaban J connectivity index is 2.10. The highest BCUT2D eigenvalue weighted by Crippen LogP contribution is 2.34. The van der Waals surface area contributed by atoms with Crippen molar-refractivity contribution >= 4 is 38.6 Å². The molecule has 4 heteroatoms. The Labute approximate surface area is 147 Å². The Morgan fingerprint density at radius 2 is 1.57 bits per heavy atom. The standard InChI is InChI=1S/C19H12BrClN2/c20-14-9-6-12-17(18(14)21)23-16-11-5-4-10-15(16)22-19(23)13-7-2-1-3-8-13/h1-12H. The number of hydrogen-bond donors (Lipinski definition) is 0. The van der Waals surface area contributed by atoms with Gasteiger partial charge in [0.25, 0.3) is 0 Å². The van der Waals surface area contributed by atoms with E-state index in [0.717, 1.165) is 32.6 Å². The maximum absolute atomic E-state index is 6.55. The van der Waals surface area contributed by atoms with Crippen LogP contribution in [0.25, 0.3) is 28.1 Å². The minimum absolute atomic E-state index is 0.674. The lowest BCUT2D eigenvalue weighted by molar-refractivity contribution is 1.10. The summed E-state index contributed by atoms with van der Waals surface area (Å²) in [7, 11) is 0. The molecular weight excluding hydrogens is 372 g/mol. The van der Waals surface area contributed by atoms with E-state index < -0.39 is 0 Å². The second-order valence-corrected chi connectivity index (χ2v) is 6.43. The lowest BCUT2D eigenvalue weighted by Crippen LogP contribution is -1.98. The normalized spacial score (nSPS) is 11.0. The van der Waals surface area contributed by atoms with Gasteiger partial charge in [0.15, 0.2) is 0 Å². The molecule has 0 bridgehead atoms. The molecule has 2 nitrogen and oxygen atoms in total. The second kappa shape index (κ2) is 5.84. The zero-order chi connectivity index (χ0) is 15.8. The highest BCUT2D eigenvalue weighted by molar-refractivity contribution is 9.10. The molecule has 3 aromatic carbocycles. The molecule has 0 spiro atoms. The number of imidazole rings is 1. The average molecular weight is 384 g/mol. The quantitative estimate of drug-likeness (QED) is 0.408. The Kier molecular flexibility index (Phi) is 3.68. The van der Waals surface area contributed by atoms with Crippen molar-refractivity contribution in [1.29, 1.82) is 0 Å². The monoisotopic (exact) mass is 382 g/mol. The van der Waals surface area contributed by atoms with Crippen molar-refractivity contribution in [3.05, 3.63) is 82.3 Å². The molecule has 0 aliphatic carbocycles. The summed E-state index contributed by atoms with van der Waals surface area (Å²) in [5, 5.41) is 0.674. The van der Waals surface area contributed by atoms with Crippen LogP contribution in [-0.2, 0) is 0 Å². The largest absolute Gasteiger partial charge is 0.291 e. The Morgan fingerprint density at radius 3 is 2.39 bits per heavy atom. The smallest absolute Gasteiger partial charge is 0.145 e. The van der Waals surface area contributed by atoms with Crippen molar-refractivity contribution in [3.63, 3.8) is 0 Å². The summed E-state index contributed by atoms with van der Waals surface area (Å²) in [5.74, 6) is 0.881. The predicted molar refractivity (Wildman–Crippen MR) is 99.2 cm³/mol. The highest BCUT2D eigenvalue weighted by Gasteiger charge is 2.16. The van der Waals surface area contributed by atoms with E-state index in [-0.39, 0.29) is 0 Å². The molecule has 0 aliphatic rings. The van der Waals surface area contributed by atoms with E-state index in [1.807, 2.05) is 54.6 Å². The zero-order valence-electron chi connectivity index (χ0n) is 12.1. The third-order valence-electron chi connectivity index (χ3n) is 3.76. The number of aromatic nitrogens is 2. The summed E-state index contributed by atoms with van der Waals surface area (Å²) in [6.45, 7) is 0. The predicted octanol–water partition coefficient (Wildman–Crippen LogP) is 6.11. The topological polar surface area (TPSA) is 17.8 Å². The van der Waals surface area contributed by atoms with Gasteiger partial charge in [0.05, 0.1) is 21.7 Å². The van der Waals surface area contributed by atoms with E-state index in [9.17, 15) is 0 Å². The van der Waals surface area contributed by atoms with Crippen LogP contribution < -0.4 is 0 Å². The molecule has 0 aliphatic heterocycles. The van der Waals surface area contributed by atoms with Crippen LogP contribution in [0.2, 0.25) is 5.02 Å². The fourth-order valence-electron chi connectivity index (χ4n) is 2.72. The Bertz CT molecular complexity index is 993. The van der Waals surface area contributed by atoms with Crippen molar-refractivity contribution in [3.8, 4) is 17.1 Å². The van der Waals surface area contributed by atoms with Gasteiger partial charge in [-0.15, -0.1) is 0 Å². The van der Waals surface area contributed by atoms with Gasteiger partial charge >= 0.3 is 0 Å². The van der Waals surface area contributed by atoms with Crippen molar-refractivity contribution in [2.75, 3.05) is 0 Å². The second-order valence-electron chi connectivity index (χ2n) is 5.20. The molecule has 0 unspecified atom stereocenters. The van der Waals surface area contributed by atoms with Gasteiger partial charge in [0.1, 0.15) is 5.82 Å². The van der Waals surface area contributed by atoms with Gasteiger partial charge < -0.3 is 0 Å². The van der Waals surface area contributed by atoms with Gasteiger partial charge in [0, 0.05) is 10.0 Å². The number of hydrogen-bond acceptors (Lipinski definition) is 1. The molecule has 23 heavy (non-hydrogen) atoms. The molecule has 1 aromatic heterocycles. The van der Waals surface area contributed by atoms with Crippen LogP contribution in [-0.4, -0.2) is 9.55 Å². The van der Waals surface area contributed by atoms with Gasteiger partial charge in [-0.3, -0.25) is 4.57 Å². The molecule has 0 atom stereocenters. The van der Waals surface area contributed by atoms with E-state index in [0.29, 0.717) is 5.02 Å². The van der Waals surface area contributed by atoms with Crippen LogP contribution in [0.4, 0.5) is 0 Å². The van der Waals surface area contributed by atoms with Gasteiger partial charge in [0.2, 0.25) is 0 Å². The van der Waals surface area contributed by atoms with Crippen molar-refractivity contribution in [2.45, 2.75) is 0 Å². The third-order valence-corrected chi connectivity index (χ3v) is 5.05. The summed E-state index contributed by atoms with van der Waals surface area (Å²) in [4.78, 5) is 4.82. The number of rotatable bonds is 2. The SMILES string of the molecule is Clc1c(Br)cccc1-n1c(-c2ccccc2)nc2ccccc21. The summed E-state index contributed by atoms with van der Waals surface area (Å²) in [5.41, 5.74) is 3.95. The van der Waals surface area contributed by atoms with Crippen LogP contribution >= 0.6 is 27.5 Å². The first-order valence-corrected chi connectivity index (χ1v) is 8.40. The van der Waals surface area contributed by atoms with Crippen LogP contribution in [0.15, 0.2) is 77.3 Å². The molecule has 4 rings (SSSR count). The molecule has 0 N–H and O–H groups in total. The molecular formula is C19H12BrClN2. The van der Waals surface area contributed by atoms with Crippen molar-refractivity contribution in [1.82, 2.24) is 9.55 Å². The maximum Gasteiger partial charge on any atom is 0.145 e. The van der Waals surface area contributed by atoms with Crippen LogP contribution in [0, 0.1) is 0 Å². The van der Waals surface area contributed by atoms with E-state index in [2.05, 4.69) is 38.7 Å². The first-order valence-electron chi connectivity index (χ1n) is 7.23. The number of para-hydroxylation sites is 2. The molecule has 0 saturated heterocycles. The van der Waals surface area contributed by atoms with Crippen molar-refractivity contribution < 1.29 is 0 Å². The van der Waals surface area contributed by atoms with E-state index in [4.69, 9.17) is 16.6 Å². The zero-order valence-corrected chi connectivity index (χ0v) is 14.4. The van der Waals surface area contributed by atoms with E-state index in [1.54, 1.807) is 0 Å². The molecule has 0 fully saturated rings. The van der Waals surface area contributed by atoms with Gasteiger partial charge in [-0.25, -0.2) is 4.98 Å². The molecule has 0 radical (unpaired) electrons. The number of nitrogens with zero attached hydrogens (tertiary/aromatic N) is 2. The van der Waals surface area contributed by atoms with Crippen LogP contribution in [0.1, 0.15) is 0 Å². The number of benzene rings is 3. The molecule has 0 saturated carbocycles. The Morgan fingerprint density at radius 1 is 0.826 bits per heavy atom. The third kappa shape index (κ3) is 2.46. The lowest BCUT2D eigenvalue weighted by atomic mass is 10.2.